The second-order valence-electron chi connectivity index (χ2n) is 3.85. The van der Waals surface area contributed by atoms with Gasteiger partial charge in [0.2, 0.25) is 5.88 Å². The van der Waals surface area contributed by atoms with E-state index >= 15 is 0 Å². The molecule has 0 fully saturated rings. The standard InChI is InChI=1S/C12H12Cl2N4O/c1-6-11(18-15)16-7(2)17-12(6)19-9-5-3-4-8(13)10(9)14/h3-5H,15H2,1-2H3,(H,16,17,18). The van der Waals surface area contributed by atoms with Crippen molar-refractivity contribution in [1.82, 2.24) is 9.97 Å². The summed E-state index contributed by atoms with van der Waals surface area (Å²) in [7, 11) is 0. The Kier molecular flexibility index (Phi) is 4.09. The maximum Gasteiger partial charge on any atom is 0.227 e. The van der Waals surface area contributed by atoms with Gasteiger partial charge in [0.25, 0.3) is 0 Å². The number of nitrogens with zero attached hydrogens (tertiary/aromatic N) is 2. The number of hydrogen-bond acceptors (Lipinski definition) is 5. The van der Waals surface area contributed by atoms with Crippen LogP contribution in [0.2, 0.25) is 10.0 Å². The highest BCUT2D eigenvalue weighted by Crippen LogP contribution is 2.35. The van der Waals surface area contributed by atoms with Gasteiger partial charge in [-0.3, -0.25) is 0 Å². The second kappa shape index (κ2) is 5.61. The SMILES string of the molecule is Cc1nc(NN)c(C)c(Oc2cccc(Cl)c2Cl)n1. The minimum Gasteiger partial charge on any atom is -0.437 e. The predicted octanol–water partition coefficient (Wildman–Crippen LogP) is 3.48. The highest BCUT2D eigenvalue weighted by molar-refractivity contribution is 6.42. The molecule has 7 heteroatoms. The molecule has 0 unspecified atom stereocenters. The van der Waals surface area contributed by atoms with Crippen molar-refractivity contribution in [3.63, 3.8) is 0 Å². The van der Waals surface area contributed by atoms with Crippen molar-refractivity contribution >= 4 is 29.0 Å². The molecule has 0 spiro atoms. The molecule has 1 aromatic carbocycles. The Balaban J connectivity index is 2.43. The first-order valence-electron chi connectivity index (χ1n) is 5.46. The zero-order chi connectivity index (χ0) is 14.0. The lowest BCUT2D eigenvalue weighted by molar-refractivity contribution is 0.456. The summed E-state index contributed by atoms with van der Waals surface area (Å²) in [6.45, 7) is 3.54. The van der Waals surface area contributed by atoms with E-state index in [-0.39, 0.29) is 0 Å². The summed E-state index contributed by atoms with van der Waals surface area (Å²) in [5.74, 6) is 7.24. The van der Waals surface area contributed by atoms with Crippen LogP contribution in [0.25, 0.3) is 0 Å². The van der Waals surface area contributed by atoms with E-state index in [4.69, 9.17) is 33.8 Å². The Morgan fingerprint density at radius 1 is 1.21 bits per heavy atom. The molecule has 19 heavy (non-hydrogen) atoms. The van der Waals surface area contributed by atoms with Crippen molar-refractivity contribution in [1.29, 1.82) is 0 Å². The Labute approximate surface area is 120 Å². The summed E-state index contributed by atoms with van der Waals surface area (Å²) in [5.41, 5.74) is 3.18. The van der Waals surface area contributed by atoms with Crippen molar-refractivity contribution in [3.05, 3.63) is 39.6 Å². The highest BCUT2D eigenvalue weighted by Gasteiger charge is 2.13. The number of rotatable bonds is 3. The third-order valence-corrected chi connectivity index (χ3v) is 3.27. The van der Waals surface area contributed by atoms with Crippen LogP contribution in [0.1, 0.15) is 11.4 Å². The Morgan fingerprint density at radius 2 is 1.95 bits per heavy atom. The normalized spacial score (nSPS) is 10.4. The van der Waals surface area contributed by atoms with E-state index in [0.717, 1.165) is 0 Å². The quantitative estimate of drug-likeness (QED) is 0.670. The fourth-order valence-electron chi connectivity index (χ4n) is 1.51. The number of ether oxygens (including phenoxy) is 1. The van der Waals surface area contributed by atoms with Crippen LogP contribution in [-0.2, 0) is 0 Å². The number of halogens is 2. The average Bonchev–Trinajstić information content (AvgIpc) is 2.38. The lowest BCUT2D eigenvalue weighted by atomic mass is 10.3. The zero-order valence-corrected chi connectivity index (χ0v) is 11.9. The highest BCUT2D eigenvalue weighted by atomic mass is 35.5. The van der Waals surface area contributed by atoms with E-state index in [1.807, 2.05) is 0 Å². The summed E-state index contributed by atoms with van der Waals surface area (Å²) in [6.07, 6.45) is 0. The minimum atomic E-state index is 0.335. The van der Waals surface area contributed by atoms with Crippen LogP contribution >= 0.6 is 23.2 Å². The maximum absolute atomic E-state index is 6.07. The van der Waals surface area contributed by atoms with Crippen LogP contribution in [0.5, 0.6) is 11.6 Å². The fraction of sp³-hybridized carbons (Fsp3) is 0.167. The van der Waals surface area contributed by atoms with Crippen LogP contribution in [0.15, 0.2) is 18.2 Å². The lowest BCUT2D eigenvalue weighted by Crippen LogP contribution is -2.12. The van der Waals surface area contributed by atoms with Gasteiger partial charge in [-0.05, 0) is 26.0 Å². The molecule has 100 valence electrons. The minimum absolute atomic E-state index is 0.335. The van der Waals surface area contributed by atoms with E-state index < -0.39 is 0 Å². The summed E-state index contributed by atoms with van der Waals surface area (Å²) >= 11 is 12.0. The molecule has 2 rings (SSSR count). The number of hydrogen-bond donors (Lipinski definition) is 2. The lowest BCUT2D eigenvalue weighted by Gasteiger charge is -2.12. The van der Waals surface area contributed by atoms with Gasteiger partial charge in [0.1, 0.15) is 22.4 Å². The zero-order valence-electron chi connectivity index (χ0n) is 10.4. The van der Waals surface area contributed by atoms with Gasteiger partial charge in [-0.2, -0.15) is 4.98 Å². The van der Waals surface area contributed by atoms with Crippen molar-refractivity contribution in [2.75, 3.05) is 5.43 Å². The molecular formula is C12H12Cl2N4O. The number of nitrogen functional groups attached to an aromatic ring is 1. The Bertz CT molecular complexity index is 619. The van der Waals surface area contributed by atoms with Gasteiger partial charge < -0.3 is 10.2 Å². The van der Waals surface area contributed by atoms with Crippen LogP contribution < -0.4 is 16.0 Å². The molecule has 0 aliphatic carbocycles. The summed E-state index contributed by atoms with van der Waals surface area (Å²) in [5, 5.41) is 0.752. The topological polar surface area (TPSA) is 73.1 Å². The Hall–Kier alpha value is -1.56. The van der Waals surface area contributed by atoms with Gasteiger partial charge in [0, 0.05) is 0 Å². The van der Waals surface area contributed by atoms with Crippen molar-refractivity contribution in [3.8, 4) is 11.6 Å². The van der Waals surface area contributed by atoms with E-state index in [0.29, 0.717) is 38.9 Å². The molecule has 1 heterocycles. The van der Waals surface area contributed by atoms with Crippen LogP contribution in [0.4, 0.5) is 5.82 Å². The molecule has 0 aliphatic rings. The number of anilines is 1. The van der Waals surface area contributed by atoms with E-state index in [1.54, 1.807) is 32.0 Å². The number of aromatic nitrogens is 2. The largest absolute Gasteiger partial charge is 0.437 e. The second-order valence-corrected chi connectivity index (χ2v) is 4.63. The summed E-state index contributed by atoms with van der Waals surface area (Å²) < 4.78 is 5.68. The molecule has 3 N–H and O–H groups in total. The third-order valence-electron chi connectivity index (χ3n) is 2.47. The van der Waals surface area contributed by atoms with Crippen LogP contribution in [0, 0.1) is 13.8 Å². The molecule has 0 amide bonds. The predicted molar refractivity (Wildman–Crippen MR) is 75.9 cm³/mol. The first-order valence-corrected chi connectivity index (χ1v) is 6.22. The maximum atomic E-state index is 6.07. The monoisotopic (exact) mass is 298 g/mol. The Morgan fingerprint density at radius 3 is 2.63 bits per heavy atom. The molecule has 0 saturated carbocycles. The number of hydrazine groups is 1. The fourth-order valence-corrected chi connectivity index (χ4v) is 1.84. The van der Waals surface area contributed by atoms with E-state index in [2.05, 4.69) is 15.4 Å². The molecule has 5 nitrogen and oxygen atoms in total. The number of aryl methyl sites for hydroxylation is 1. The van der Waals surface area contributed by atoms with Gasteiger partial charge in [-0.25, -0.2) is 10.8 Å². The van der Waals surface area contributed by atoms with Gasteiger partial charge in [0.15, 0.2) is 0 Å². The molecule has 0 atom stereocenters. The van der Waals surface area contributed by atoms with Gasteiger partial charge >= 0.3 is 0 Å². The smallest absolute Gasteiger partial charge is 0.227 e. The van der Waals surface area contributed by atoms with Crippen LogP contribution in [-0.4, -0.2) is 9.97 Å². The molecule has 2 aromatic rings. The molecule has 0 aliphatic heterocycles. The molecule has 0 radical (unpaired) electrons. The van der Waals surface area contributed by atoms with Crippen molar-refractivity contribution in [2.45, 2.75) is 13.8 Å². The molecule has 1 aromatic heterocycles. The number of nitrogens with two attached hydrogens (primary N) is 1. The van der Waals surface area contributed by atoms with E-state index in [1.165, 1.54) is 0 Å². The summed E-state index contributed by atoms with van der Waals surface area (Å²) in [6, 6.07) is 5.14. The average molecular weight is 299 g/mol. The third kappa shape index (κ3) is 2.89. The van der Waals surface area contributed by atoms with Crippen molar-refractivity contribution < 1.29 is 4.74 Å². The van der Waals surface area contributed by atoms with Crippen LogP contribution in [0.3, 0.4) is 0 Å². The van der Waals surface area contributed by atoms with Gasteiger partial charge in [-0.15, -0.1) is 0 Å². The number of nitrogens with one attached hydrogen (secondary N) is 1. The van der Waals surface area contributed by atoms with Crippen molar-refractivity contribution in [2.24, 2.45) is 5.84 Å². The first kappa shape index (κ1) is 13.9. The summed E-state index contributed by atoms with van der Waals surface area (Å²) in [4.78, 5) is 8.36. The molecule has 0 saturated heterocycles. The molecule has 0 bridgehead atoms. The van der Waals surface area contributed by atoms with Gasteiger partial charge in [-0.1, -0.05) is 29.3 Å². The van der Waals surface area contributed by atoms with Gasteiger partial charge in [0.05, 0.1) is 10.6 Å². The first-order chi connectivity index (χ1) is 9.02. The number of benzene rings is 1. The molecular weight excluding hydrogens is 287 g/mol. The van der Waals surface area contributed by atoms with E-state index in [9.17, 15) is 0 Å².